The minimum absolute atomic E-state index is 0.344. The molecule has 0 atom stereocenters. The summed E-state index contributed by atoms with van der Waals surface area (Å²) < 4.78 is 0. The van der Waals surface area contributed by atoms with Crippen molar-refractivity contribution in [2.24, 2.45) is 0 Å². The van der Waals surface area contributed by atoms with Gasteiger partial charge in [-0.05, 0) is 13.3 Å². The lowest BCUT2D eigenvalue weighted by molar-refractivity contribution is 0.137. The van der Waals surface area contributed by atoms with Crippen LogP contribution in [-0.4, -0.2) is 28.1 Å². The summed E-state index contributed by atoms with van der Waals surface area (Å²) in [6.45, 7) is 7.65. The second-order valence-electron chi connectivity index (χ2n) is 1.77. The van der Waals surface area contributed by atoms with Crippen LogP contribution in [-0.2, 0) is 0 Å². The van der Waals surface area contributed by atoms with E-state index in [4.69, 9.17) is 20.1 Å². The summed E-state index contributed by atoms with van der Waals surface area (Å²) in [5.74, 6) is 0. The number of unbranched alkanes of at least 4 members (excludes halogenated alkanes) is 1. The van der Waals surface area contributed by atoms with Crippen molar-refractivity contribution in [3.63, 3.8) is 0 Å². The molecule has 0 aliphatic heterocycles. The highest BCUT2D eigenvalue weighted by atomic mass is 16.6. The third-order valence-electron chi connectivity index (χ3n) is 0.512. The standard InChI is InChI=1S/C4H10O.C3H6.CH2O3/c1-2-3-4-5;1-3-2;2-1(3)4/h5H,2-4H2,1H3;3H,1H2,2H3;(H2,2,3,4). The lowest BCUT2D eigenvalue weighted by atomic mass is 10.4. The number of rotatable bonds is 2. The van der Waals surface area contributed by atoms with Gasteiger partial charge in [-0.25, -0.2) is 4.79 Å². The average Bonchev–Trinajstić information content (AvgIpc) is 1.89. The van der Waals surface area contributed by atoms with Crippen molar-refractivity contribution >= 4 is 6.16 Å². The van der Waals surface area contributed by atoms with E-state index in [1.165, 1.54) is 0 Å². The molecule has 0 fully saturated rings. The summed E-state index contributed by atoms with van der Waals surface area (Å²) >= 11 is 0. The zero-order chi connectivity index (χ0) is 10.4. The number of aliphatic hydroxyl groups is 1. The molecule has 0 radical (unpaired) electrons. The average molecular weight is 178 g/mol. The number of allylic oxidation sites excluding steroid dienone is 1. The van der Waals surface area contributed by atoms with Gasteiger partial charge in [0.25, 0.3) is 0 Å². The molecule has 0 aliphatic rings. The predicted octanol–water partition coefficient (Wildman–Crippen LogP) is 2.19. The van der Waals surface area contributed by atoms with Crippen LogP contribution in [0.2, 0.25) is 0 Å². The summed E-state index contributed by atoms with van der Waals surface area (Å²) in [6, 6.07) is 0. The van der Waals surface area contributed by atoms with Crippen molar-refractivity contribution in [2.75, 3.05) is 6.61 Å². The summed E-state index contributed by atoms with van der Waals surface area (Å²) in [5.41, 5.74) is 0. The molecule has 12 heavy (non-hydrogen) atoms. The molecule has 0 aromatic heterocycles. The van der Waals surface area contributed by atoms with Gasteiger partial charge in [0.05, 0.1) is 0 Å². The molecule has 4 nitrogen and oxygen atoms in total. The molecule has 4 heteroatoms. The molecule has 0 rings (SSSR count). The van der Waals surface area contributed by atoms with Gasteiger partial charge in [0.2, 0.25) is 0 Å². The summed E-state index contributed by atoms with van der Waals surface area (Å²) in [5, 5.41) is 22.0. The number of aliphatic hydroxyl groups excluding tert-OH is 1. The van der Waals surface area contributed by atoms with Crippen molar-refractivity contribution in [3.8, 4) is 0 Å². The monoisotopic (exact) mass is 178 g/mol. The van der Waals surface area contributed by atoms with E-state index >= 15 is 0 Å². The normalized spacial score (nSPS) is 6.58. The first-order valence-corrected chi connectivity index (χ1v) is 3.66. The summed E-state index contributed by atoms with van der Waals surface area (Å²) in [7, 11) is 0. The van der Waals surface area contributed by atoms with E-state index < -0.39 is 6.16 Å². The largest absolute Gasteiger partial charge is 0.503 e. The van der Waals surface area contributed by atoms with Crippen LogP contribution in [0.4, 0.5) is 4.79 Å². The van der Waals surface area contributed by atoms with Crippen molar-refractivity contribution < 1.29 is 20.1 Å². The molecule has 0 heterocycles. The molecule has 0 aromatic rings. The maximum Gasteiger partial charge on any atom is 0.503 e. The Morgan fingerprint density at radius 1 is 1.50 bits per heavy atom. The topological polar surface area (TPSA) is 77.8 Å². The molecule has 3 N–H and O–H groups in total. The molecule has 0 amide bonds. The second kappa shape index (κ2) is 22.5. The van der Waals surface area contributed by atoms with Crippen LogP contribution in [0.25, 0.3) is 0 Å². The van der Waals surface area contributed by atoms with E-state index in [2.05, 4.69) is 13.5 Å². The molecule has 0 bridgehead atoms. The fraction of sp³-hybridized carbons (Fsp3) is 0.625. The Labute approximate surface area is 73.2 Å². The third kappa shape index (κ3) is 606. The minimum Gasteiger partial charge on any atom is -0.450 e. The first-order valence-electron chi connectivity index (χ1n) is 3.66. The summed E-state index contributed by atoms with van der Waals surface area (Å²) in [6.07, 6.45) is 1.95. The smallest absolute Gasteiger partial charge is 0.450 e. The first kappa shape index (κ1) is 17.2. The SMILES string of the molecule is C=CC.CCCCO.O=C(O)O. The van der Waals surface area contributed by atoms with Crippen molar-refractivity contribution in [2.45, 2.75) is 26.7 Å². The van der Waals surface area contributed by atoms with Crippen LogP contribution in [0.1, 0.15) is 26.7 Å². The second-order valence-corrected chi connectivity index (χ2v) is 1.77. The van der Waals surface area contributed by atoms with E-state index in [0.29, 0.717) is 6.61 Å². The number of carboxylic acid groups (broad SMARTS) is 2. The maximum atomic E-state index is 8.56. The van der Waals surface area contributed by atoms with Gasteiger partial charge in [0, 0.05) is 6.61 Å². The van der Waals surface area contributed by atoms with Crippen LogP contribution >= 0.6 is 0 Å². The molecule has 0 aromatic carbocycles. The van der Waals surface area contributed by atoms with E-state index in [1.807, 2.05) is 6.92 Å². The molecule has 0 spiro atoms. The molecule has 0 unspecified atom stereocenters. The van der Waals surface area contributed by atoms with Gasteiger partial charge in [-0.1, -0.05) is 19.4 Å². The van der Waals surface area contributed by atoms with E-state index in [0.717, 1.165) is 12.8 Å². The zero-order valence-corrected chi connectivity index (χ0v) is 7.66. The highest BCUT2D eigenvalue weighted by Crippen LogP contribution is 1.78. The lowest BCUT2D eigenvalue weighted by Crippen LogP contribution is -1.81. The van der Waals surface area contributed by atoms with Gasteiger partial charge in [-0.3, -0.25) is 0 Å². The Balaban J connectivity index is -0.000000105. The van der Waals surface area contributed by atoms with Crippen LogP contribution in [0, 0.1) is 0 Å². The van der Waals surface area contributed by atoms with Crippen LogP contribution < -0.4 is 0 Å². The van der Waals surface area contributed by atoms with Crippen LogP contribution in [0.5, 0.6) is 0 Å². The minimum atomic E-state index is -1.83. The van der Waals surface area contributed by atoms with Gasteiger partial charge in [0.15, 0.2) is 0 Å². The Hall–Kier alpha value is -1.03. The molecule has 0 saturated carbocycles. The van der Waals surface area contributed by atoms with Crippen molar-refractivity contribution in [1.29, 1.82) is 0 Å². The third-order valence-corrected chi connectivity index (χ3v) is 0.512. The Morgan fingerprint density at radius 3 is 1.75 bits per heavy atom. The van der Waals surface area contributed by atoms with Crippen molar-refractivity contribution in [1.82, 2.24) is 0 Å². The molecular weight excluding hydrogens is 160 g/mol. The lowest BCUT2D eigenvalue weighted by Gasteiger charge is -1.79. The quantitative estimate of drug-likeness (QED) is 0.566. The molecular formula is C8H18O4. The number of hydrogen-bond donors (Lipinski definition) is 3. The van der Waals surface area contributed by atoms with Gasteiger partial charge in [-0.2, -0.15) is 0 Å². The van der Waals surface area contributed by atoms with Gasteiger partial charge < -0.3 is 15.3 Å². The highest BCUT2D eigenvalue weighted by molar-refractivity contribution is 5.53. The fourth-order valence-corrected chi connectivity index (χ4v) is 0.158. The van der Waals surface area contributed by atoms with Gasteiger partial charge >= 0.3 is 6.16 Å². The van der Waals surface area contributed by atoms with Crippen LogP contribution in [0.15, 0.2) is 12.7 Å². The van der Waals surface area contributed by atoms with Crippen molar-refractivity contribution in [3.05, 3.63) is 12.7 Å². The Kier molecular flexibility index (Phi) is 32.2. The van der Waals surface area contributed by atoms with Crippen LogP contribution in [0.3, 0.4) is 0 Å². The Morgan fingerprint density at radius 2 is 1.75 bits per heavy atom. The fourth-order valence-electron chi connectivity index (χ4n) is 0.158. The maximum absolute atomic E-state index is 8.56. The number of hydrogen-bond acceptors (Lipinski definition) is 2. The van der Waals surface area contributed by atoms with Gasteiger partial charge in [0.1, 0.15) is 0 Å². The van der Waals surface area contributed by atoms with Gasteiger partial charge in [-0.15, -0.1) is 6.58 Å². The zero-order valence-electron chi connectivity index (χ0n) is 7.66. The Bertz CT molecular complexity index is 85.1. The van der Waals surface area contributed by atoms with E-state index in [1.54, 1.807) is 6.08 Å². The predicted molar refractivity (Wildman–Crippen MR) is 48.5 cm³/mol. The first-order chi connectivity index (χ1) is 5.56. The summed E-state index contributed by atoms with van der Waals surface area (Å²) in [4.78, 5) is 8.56. The molecule has 0 aliphatic carbocycles. The number of carbonyl (C=O) groups is 1. The van der Waals surface area contributed by atoms with E-state index in [-0.39, 0.29) is 0 Å². The molecule has 0 saturated heterocycles. The van der Waals surface area contributed by atoms with E-state index in [9.17, 15) is 0 Å². The molecule has 74 valence electrons. The highest BCUT2D eigenvalue weighted by Gasteiger charge is 1.70.